The van der Waals surface area contributed by atoms with E-state index in [4.69, 9.17) is 4.42 Å². The molecule has 1 amide bonds. The Labute approximate surface area is 134 Å². The molecule has 2 aromatic heterocycles. The fraction of sp³-hybridized carbons (Fsp3) is 0.222. The smallest absolute Gasteiger partial charge is 0.287 e. The summed E-state index contributed by atoms with van der Waals surface area (Å²) < 4.78 is 7.66. The van der Waals surface area contributed by atoms with Crippen molar-refractivity contribution in [3.8, 4) is 0 Å². The Bertz CT molecular complexity index is 887. The van der Waals surface area contributed by atoms with Gasteiger partial charge in [0.15, 0.2) is 5.76 Å². The largest absolute Gasteiger partial charge is 0.454 e. The Balaban J connectivity index is 1.89. The monoisotopic (exact) mass is 309 g/mol. The maximum absolute atomic E-state index is 12.1. The van der Waals surface area contributed by atoms with E-state index in [2.05, 4.69) is 17.5 Å². The summed E-state index contributed by atoms with van der Waals surface area (Å²) in [5.41, 5.74) is 5.74. The van der Waals surface area contributed by atoms with Crippen LogP contribution in [0.5, 0.6) is 0 Å². The quantitative estimate of drug-likeness (QED) is 0.592. The molecule has 0 radical (unpaired) electrons. The van der Waals surface area contributed by atoms with Crippen molar-refractivity contribution in [3.63, 3.8) is 0 Å². The topological polar surface area (TPSA) is 59.5 Å². The third kappa shape index (κ3) is 2.77. The number of benzene rings is 1. The van der Waals surface area contributed by atoms with Crippen molar-refractivity contribution in [1.82, 2.24) is 9.99 Å². The second-order valence-electron chi connectivity index (χ2n) is 5.40. The maximum atomic E-state index is 12.1. The zero-order chi connectivity index (χ0) is 16.4. The van der Waals surface area contributed by atoms with Crippen LogP contribution in [0.2, 0.25) is 0 Å². The van der Waals surface area contributed by atoms with Gasteiger partial charge in [-0.05, 0) is 31.5 Å². The number of furan rings is 1. The van der Waals surface area contributed by atoms with Gasteiger partial charge in [-0.2, -0.15) is 5.10 Å². The Kier molecular flexibility index (Phi) is 4.02. The molecule has 0 fully saturated rings. The van der Waals surface area contributed by atoms with Crippen molar-refractivity contribution >= 4 is 22.6 Å². The number of nitrogens with zero attached hydrogens (tertiary/aromatic N) is 2. The third-order valence-corrected chi connectivity index (χ3v) is 3.88. The van der Waals surface area contributed by atoms with Crippen molar-refractivity contribution in [2.45, 2.75) is 20.3 Å². The molecule has 0 spiro atoms. The molecule has 3 aromatic rings. The summed E-state index contributed by atoms with van der Waals surface area (Å²) in [6.07, 6.45) is 2.66. The average Bonchev–Trinajstić information content (AvgIpc) is 3.15. The molecule has 0 aliphatic carbocycles. The van der Waals surface area contributed by atoms with Gasteiger partial charge in [-0.1, -0.05) is 25.1 Å². The first-order valence-electron chi connectivity index (χ1n) is 7.58. The highest BCUT2D eigenvalue weighted by Gasteiger charge is 2.15. The van der Waals surface area contributed by atoms with Gasteiger partial charge in [0.05, 0.1) is 0 Å². The summed E-state index contributed by atoms with van der Waals surface area (Å²) in [4.78, 5) is 12.1. The molecule has 118 valence electrons. The molecule has 2 heterocycles. The van der Waals surface area contributed by atoms with Crippen LogP contribution in [-0.4, -0.2) is 16.2 Å². The van der Waals surface area contributed by atoms with Gasteiger partial charge in [-0.25, -0.2) is 5.43 Å². The molecule has 0 aliphatic rings. The number of para-hydroxylation sites is 1. The fourth-order valence-electron chi connectivity index (χ4n) is 2.68. The maximum Gasteiger partial charge on any atom is 0.287 e. The zero-order valence-corrected chi connectivity index (χ0v) is 13.5. The summed E-state index contributed by atoms with van der Waals surface area (Å²) in [5, 5.41) is 5.30. The van der Waals surface area contributed by atoms with Gasteiger partial charge in [0.2, 0.25) is 0 Å². The highest BCUT2D eigenvalue weighted by molar-refractivity contribution is 6.03. The van der Waals surface area contributed by atoms with Gasteiger partial charge in [-0.15, -0.1) is 0 Å². The first kappa shape index (κ1) is 15.1. The number of carbonyl (C=O) groups is 1. The number of fused-ring (bicyclic) bond motifs is 1. The predicted molar refractivity (Wildman–Crippen MR) is 90.7 cm³/mol. The van der Waals surface area contributed by atoms with Crippen LogP contribution in [0.1, 0.15) is 35.7 Å². The molecule has 23 heavy (non-hydrogen) atoms. The van der Waals surface area contributed by atoms with Gasteiger partial charge in [0.1, 0.15) is 17.0 Å². The minimum Gasteiger partial charge on any atom is -0.454 e. The third-order valence-electron chi connectivity index (χ3n) is 3.88. The second kappa shape index (κ2) is 6.12. The first-order valence-corrected chi connectivity index (χ1v) is 7.58. The first-order chi connectivity index (χ1) is 11.1. The normalized spacial score (nSPS) is 11.9. The van der Waals surface area contributed by atoms with E-state index in [1.54, 1.807) is 10.6 Å². The minimum absolute atomic E-state index is 0.244. The molecular formula is C18H19N3O2. The second-order valence-corrected chi connectivity index (χ2v) is 5.40. The van der Waals surface area contributed by atoms with Crippen molar-refractivity contribution in [3.05, 3.63) is 59.6 Å². The number of nitrogens with one attached hydrogen (secondary N) is 1. The van der Waals surface area contributed by atoms with Crippen LogP contribution in [0, 0.1) is 0 Å². The van der Waals surface area contributed by atoms with Gasteiger partial charge in [-0.3, -0.25) is 4.79 Å². The van der Waals surface area contributed by atoms with Gasteiger partial charge < -0.3 is 8.98 Å². The molecule has 0 bridgehead atoms. The van der Waals surface area contributed by atoms with E-state index in [9.17, 15) is 4.79 Å². The number of hydrazone groups is 1. The molecule has 0 aliphatic heterocycles. The van der Waals surface area contributed by atoms with E-state index in [0.717, 1.165) is 28.7 Å². The number of hydrogen-bond acceptors (Lipinski definition) is 3. The van der Waals surface area contributed by atoms with Crippen LogP contribution in [-0.2, 0) is 13.5 Å². The molecule has 5 heteroatoms. The summed E-state index contributed by atoms with van der Waals surface area (Å²) in [5.74, 6) is 0.479. The van der Waals surface area contributed by atoms with Crippen LogP contribution >= 0.6 is 0 Å². The molecule has 1 N–H and O–H groups in total. The number of hydrogen-bond donors (Lipinski definition) is 1. The summed E-state index contributed by atoms with van der Waals surface area (Å²) in [6.45, 7) is 3.92. The number of amides is 1. The lowest BCUT2D eigenvalue weighted by Gasteiger charge is -2.03. The minimum atomic E-state index is -0.244. The highest BCUT2D eigenvalue weighted by Crippen LogP contribution is 2.26. The van der Waals surface area contributed by atoms with E-state index in [0.29, 0.717) is 11.4 Å². The predicted octanol–water partition coefficient (Wildman–Crippen LogP) is 3.49. The molecule has 0 saturated carbocycles. The van der Waals surface area contributed by atoms with Crippen molar-refractivity contribution in [2.24, 2.45) is 12.1 Å². The molecular weight excluding hydrogens is 290 g/mol. The molecule has 0 unspecified atom stereocenters. The molecule has 0 saturated heterocycles. The highest BCUT2D eigenvalue weighted by atomic mass is 16.3. The van der Waals surface area contributed by atoms with E-state index < -0.39 is 0 Å². The summed E-state index contributed by atoms with van der Waals surface area (Å²) >= 11 is 0. The Morgan fingerprint density at radius 1 is 1.26 bits per heavy atom. The number of rotatable bonds is 4. The molecule has 0 atom stereocenters. The van der Waals surface area contributed by atoms with Crippen molar-refractivity contribution in [1.29, 1.82) is 0 Å². The molecule has 3 rings (SSSR count). The van der Waals surface area contributed by atoms with Crippen LogP contribution in [0.3, 0.4) is 0 Å². The van der Waals surface area contributed by atoms with E-state index in [1.807, 2.05) is 50.5 Å². The van der Waals surface area contributed by atoms with Crippen LogP contribution < -0.4 is 5.43 Å². The van der Waals surface area contributed by atoms with E-state index in [1.165, 1.54) is 0 Å². The van der Waals surface area contributed by atoms with Crippen molar-refractivity contribution < 1.29 is 9.21 Å². The lowest BCUT2D eigenvalue weighted by molar-refractivity contribution is 0.0946. The number of carbonyl (C=O) groups excluding carboxylic acids is 1. The number of aromatic nitrogens is 1. The lowest BCUT2D eigenvalue weighted by Crippen LogP contribution is -2.21. The van der Waals surface area contributed by atoms with Gasteiger partial charge in [0, 0.05) is 24.2 Å². The average molecular weight is 309 g/mol. The van der Waals surface area contributed by atoms with Crippen LogP contribution in [0.15, 0.2) is 52.1 Å². The Hall–Kier alpha value is -2.82. The fourth-order valence-corrected chi connectivity index (χ4v) is 2.68. The molecule has 1 aromatic carbocycles. The van der Waals surface area contributed by atoms with Crippen molar-refractivity contribution in [2.75, 3.05) is 0 Å². The van der Waals surface area contributed by atoms with Crippen LogP contribution in [0.4, 0.5) is 0 Å². The Morgan fingerprint density at radius 3 is 2.74 bits per heavy atom. The summed E-state index contributed by atoms with van der Waals surface area (Å²) in [6, 6.07) is 11.5. The SMILES string of the molecule is CCc1c(/C(C)=N/NC(=O)c2cccn2C)oc2ccccc12. The van der Waals surface area contributed by atoms with Gasteiger partial charge >= 0.3 is 0 Å². The Morgan fingerprint density at radius 2 is 2.04 bits per heavy atom. The standard InChI is InChI=1S/C18H19N3O2/c1-4-13-14-8-5-6-10-16(14)23-17(13)12(2)19-20-18(22)15-9-7-11-21(15)3/h5-11H,4H2,1-3H3,(H,20,22)/b19-12+. The zero-order valence-electron chi connectivity index (χ0n) is 13.5. The van der Waals surface area contributed by atoms with Crippen LogP contribution in [0.25, 0.3) is 11.0 Å². The lowest BCUT2D eigenvalue weighted by atomic mass is 10.1. The van der Waals surface area contributed by atoms with E-state index in [-0.39, 0.29) is 5.91 Å². The summed E-state index contributed by atoms with van der Waals surface area (Å²) in [7, 11) is 1.82. The van der Waals surface area contributed by atoms with E-state index >= 15 is 0 Å². The number of aryl methyl sites for hydroxylation is 2. The molecule has 5 nitrogen and oxygen atoms in total. The van der Waals surface area contributed by atoms with Gasteiger partial charge in [0.25, 0.3) is 5.91 Å².